The molecule has 0 saturated heterocycles. The van der Waals surface area contributed by atoms with Crippen molar-refractivity contribution in [1.29, 1.82) is 0 Å². The Balaban J connectivity index is 2.67. The van der Waals surface area contributed by atoms with E-state index in [1.165, 1.54) is 0 Å². The maximum Gasteiger partial charge on any atom is 0.409 e. The van der Waals surface area contributed by atoms with Gasteiger partial charge in [0.25, 0.3) is 0 Å². The molecule has 1 aliphatic carbocycles. The first-order valence-corrected chi connectivity index (χ1v) is 12.2. The third kappa shape index (κ3) is 6.81. The van der Waals surface area contributed by atoms with Crippen LogP contribution in [-0.4, -0.2) is 56.0 Å². The van der Waals surface area contributed by atoms with Gasteiger partial charge >= 0.3 is 12.2 Å². The number of carbonyl (C=O) groups excluding carboxylic acids is 1. The van der Waals surface area contributed by atoms with Gasteiger partial charge in [-0.05, 0) is 31.7 Å². The summed E-state index contributed by atoms with van der Waals surface area (Å²) in [5, 5.41) is 11.5. The fourth-order valence-corrected chi connectivity index (χ4v) is 4.02. The minimum atomic E-state index is -1.24. The summed E-state index contributed by atoms with van der Waals surface area (Å²) in [4.78, 5) is 24.9. The second-order valence-electron chi connectivity index (χ2n) is 7.81. The van der Waals surface area contributed by atoms with E-state index in [-0.39, 0.29) is 18.2 Å². The first-order valence-electron chi connectivity index (χ1n) is 8.51. The van der Waals surface area contributed by atoms with Crippen LogP contribution >= 0.6 is 0 Å². The third-order valence-corrected chi connectivity index (χ3v) is 6.26. The van der Waals surface area contributed by atoms with Gasteiger partial charge < -0.3 is 20.1 Å². The van der Waals surface area contributed by atoms with Crippen LogP contribution in [0.15, 0.2) is 0 Å². The van der Waals surface area contributed by atoms with Gasteiger partial charge in [0.2, 0.25) is 0 Å². The number of nitrogens with one attached hydrogen (secondary N) is 1. The Kier molecular flexibility index (Phi) is 7.37. The molecule has 0 aromatic heterocycles. The maximum atomic E-state index is 12.4. The Morgan fingerprint density at radius 1 is 1.30 bits per heavy atom. The molecule has 2 unspecified atom stereocenters. The van der Waals surface area contributed by atoms with Crippen LogP contribution in [0.4, 0.5) is 9.59 Å². The van der Waals surface area contributed by atoms with Crippen LogP contribution in [0.1, 0.15) is 32.6 Å². The molecule has 0 heterocycles. The average Bonchev–Trinajstić information content (AvgIpc) is 2.89. The van der Waals surface area contributed by atoms with E-state index in [1.54, 1.807) is 11.9 Å². The number of hydrogen-bond donors (Lipinski definition) is 2. The average molecular weight is 345 g/mol. The highest BCUT2D eigenvalue weighted by molar-refractivity contribution is 6.76. The van der Waals surface area contributed by atoms with Crippen molar-refractivity contribution in [2.45, 2.75) is 70.4 Å². The van der Waals surface area contributed by atoms with Gasteiger partial charge in [-0.15, -0.1) is 0 Å². The lowest BCUT2D eigenvalue weighted by molar-refractivity contribution is 0.0771. The molecule has 134 valence electrons. The quantitative estimate of drug-likeness (QED) is 0.692. The summed E-state index contributed by atoms with van der Waals surface area (Å²) in [6.45, 7) is 8.99. The van der Waals surface area contributed by atoms with Crippen LogP contribution in [0.25, 0.3) is 0 Å². The largest absolute Gasteiger partial charge is 0.465 e. The Hall–Kier alpha value is -1.24. The molecule has 2 atom stereocenters. The van der Waals surface area contributed by atoms with Crippen molar-refractivity contribution in [1.82, 2.24) is 10.2 Å². The van der Waals surface area contributed by atoms with E-state index in [2.05, 4.69) is 25.0 Å². The molecule has 0 bridgehead atoms. The Labute approximate surface area is 140 Å². The lowest BCUT2D eigenvalue weighted by Gasteiger charge is -2.36. The molecule has 7 heteroatoms. The number of carbonyl (C=O) groups is 2. The predicted octanol–water partition coefficient (Wildman–Crippen LogP) is 3.61. The summed E-state index contributed by atoms with van der Waals surface area (Å²) < 4.78 is 5.42. The number of hydrogen-bond acceptors (Lipinski definition) is 3. The fraction of sp³-hybridized carbons (Fsp3) is 0.875. The van der Waals surface area contributed by atoms with Crippen LogP contribution in [0.5, 0.6) is 0 Å². The number of carboxylic acid groups (broad SMARTS) is 1. The molecule has 0 spiro atoms. The molecule has 1 fully saturated rings. The second-order valence-corrected chi connectivity index (χ2v) is 13.4. The van der Waals surface area contributed by atoms with E-state index in [4.69, 9.17) is 9.84 Å². The smallest absolute Gasteiger partial charge is 0.409 e. The van der Waals surface area contributed by atoms with Gasteiger partial charge in [0, 0.05) is 15.1 Å². The minimum absolute atomic E-state index is 0.159. The second kappa shape index (κ2) is 8.56. The standard InChI is InChI=1S/C16H32N2O4Si/c1-12(17-15(19)20)14(13-8-6-7-9-13)18(2)16(21)22-10-11-23(3,4)5/h12-14,17H,6-11H2,1-5H3,(H,19,20). The Morgan fingerprint density at radius 2 is 1.87 bits per heavy atom. The summed E-state index contributed by atoms with van der Waals surface area (Å²) in [5.41, 5.74) is 0. The summed E-state index contributed by atoms with van der Waals surface area (Å²) in [5.74, 6) is 0.325. The fourth-order valence-electron chi connectivity index (χ4n) is 3.31. The van der Waals surface area contributed by atoms with Gasteiger partial charge in [0.15, 0.2) is 0 Å². The zero-order chi connectivity index (χ0) is 17.6. The van der Waals surface area contributed by atoms with Gasteiger partial charge in [-0.1, -0.05) is 32.5 Å². The number of rotatable bonds is 7. The lowest BCUT2D eigenvalue weighted by atomic mass is 9.91. The van der Waals surface area contributed by atoms with E-state index >= 15 is 0 Å². The molecule has 1 saturated carbocycles. The maximum absolute atomic E-state index is 12.4. The molecule has 1 aliphatic rings. The van der Waals surface area contributed by atoms with E-state index in [9.17, 15) is 9.59 Å². The van der Waals surface area contributed by atoms with Crippen LogP contribution in [0.2, 0.25) is 25.7 Å². The van der Waals surface area contributed by atoms with Crippen LogP contribution < -0.4 is 5.32 Å². The van der Waals surface area contributed by atoms with Crippen molar-refractivity contribution < 1.29 is 19.4 Å². The van der Waals surface area contributed by atoms with Gasteiger partial charge in [-0.2, -0.15) is 0 Å². The van der Waals surface area contributed by atoms with E-state index in [0.29, 0.717) is 12.5 Å². The van der Waals surface area contributed by atoms with E-state index in [0.717, 1.165) is 31.7 Å². The van der Waals surface area contributed by atoms with Crippen LogP contribution in [0, 0.1) is 5.92 Å². The molecule has 2 N–H and O–H groups in total. The van der Waals surface area contributed by atoms with Crippen molar-refractivity contribution >= 4 is 20.3 Å². The molecule has 1 rings (SSSR count). The molecular weight excluding hydrogens is 312 g/mol. The van der Waals surface area contributed by atoms with E-state index < -0.39 is 14.2 Å². The van der Waals surface area contributed by atoms with Crippen molar-refractivity contribution in [3.63, 3.8) is 0 Å². The first kappa shape index (κ1) is 19.8. The minimum Gasteiger partial charge on any atom is -0.465 e. The summed E-state index contributed by atoms with van der Waals surface area (Å²) in [7, 11) is 0.481. The number of nitrogens with zero attached hydrogens (tertiary/aromatic N) is 1. The summed E-state index contributed by atoms with van der Waals surface area (Å²) in [6, 6.07) is 0.460. The summed E-state index contributed by atoms with van der Waals surface area (Å²) in [6.07, 6.45) is 2.94. The predicted molar refractivity (Wildman–Crippen MR) is 93.6 cm³/mol. The zero-order valence-corrected chi connectivity index (χ0v) is 16.1. The molecule has 0 aromatic rings. The molecular formula is C16H32N2O4Si. The van der Waals surface area contributed by atoms with Gasteiger partial charge in [-0.25, -0.2) is 9.59 Å². The van der Waals surface area contributed by atoms with Gasteiger partial charge in [0.05, 0.1) is 18.7 Å². The highest BCUT2D eigenvalue weighted by Crippen LogP contribution is 2.31. The normalized spacial score (nSPS) is 18.3. The molecule has 0 aromatic carbocycles. The molecule has 0 aliphatic heterocycles. The van der Waals surface area contributed by atoms with Crippen molar-refractivity contribution in [3.8, 4) is 0 Å². The van der Waals surface area contributed by atoms with Crippen molar-refractivity contribution in [2.24, 2.45) is 5.92 Å². The third-order valence-electron chi connectivity index (χ3n) is 4.56. The molecule has 23 heavy (non-hydrogen) atoms. The Morgan fingerprint density at radius 3 is 2.35 bits per heavy atom. The first-order chi connectivity index (χ1) is 10.6. The number of ether oxygens (including phenoxy) is 1. The number of amides is 2. The highest BCUT2D eigenvalue weighted by Gasteiger charge is 2.36. The van der Waals surface area contributed by atoms with E-state index in [1.807, 2.05) is 6.92 Å². The van der Waals surface area contributed by atoms with Crippen LogP contribution in [0.3, 0.4) is 0 Å². The molecule has 0 radical (unpaired) electrons. The van der Waals surface area contributed by atoms with Crippen LogP contribution in [-0.2, 0) is 4.74 Å². The SMILES string of the molecule is CC(NC(=O)O)C(C1CCCC1)N(C)C(=O)OCC[Si](C)(C)C. The van der Waals surface area contributed by atoms with Crippen molar-refractivity contribution in [3.05, 3.63) is 0 Å². The molecule has 2 amide bonds. The highest BCUT2D eigenvalue weighted by atomic mass is 28.3. The topological polar surface area (TPSA) is 78.9 Å². The monoisotopic (exact) mass is 344 g/mol. The molecule has 6 nitrogen and oxygen atoms in total. The Bertz CT molecular complexity index is 405. The van der Waals surface area contributed by atoms with Gasteiger partial charge in [0.1, 0.15) is 0 Å². The van der Waals surface area contributed by atoms with Gasteiger partial charge in [-0.3, -0.25) is 0 Å². The zero-order valence-electron chi connectivity index (χ0n) is 15.1. The summed E-state index contributed by atoms with van der Waals surface area (Å²) >= 11 is 0. The van der Waals surface area contributed by atoms with Crippen molar-refractivity contribution in [2.75, 3.05) is 13.7 Å². The number of likely N-dealkylation sites (N-methyl/N-ethyl adjacent to an activating group) is 1. The lowest BCUT2D eigenvalue weighted by Crippen LogP contribution is -2.54.